The molecule has 0 saturated carbocycles. The molecule has 12 heterocycles. The SMILES string of the molecule is CC(C)N1C(=O)[C@@H](C)NC(=O)[C@@H]1C.CC(C)N1C(=O)[C@H](C)NC(=O)[C@@H]1C.CC(C)N1CC(=O)CCC1=O.CC(C)N1CC(=O)N(C)CC1=O.CC(C)N1CC(=O)N(C)[C@@H](C)C1=O.CC(C)N1CC(=O)NC(C)(C)C1=O.CC(C)N1CC(=O)N[C@@H](C)C1=O.CC(C)N1CC(=O)N[C@H](C)C1=O.CC(C)N1CCCCC1=O.CC(C)N1CCC[C@@H](O)C1=O.CC(C)N1CCN(C)CC1=O.CC(C)N1C[C@H](O)CCC1=O. The van der Waals surface area contributed by atoms with E-state index in [9.17, 15) is 106 Å². The molecule has 0 spiro atoms. The molecule has 812 valence electrons. The van der Waals surface area contributed by atoms with Gasteiger partial charge in [0.2, 0.25) is 106 Å². The number of β-amino-alcohol motifs (C(OH)–C–C–N with tert-alkyl or cyclic N) is 1. The van der Waals surface area contributed by atoms with Gasteiger partial charge in [-0.3, -0.25) is 101 Å². The number of piperidine rings is 4. The standard InChI is InChI=1S/4C9H16N2O2.3C8H14N2O2.C8H16N2O.C8H15NO2.C8H13NO2.C8H15NO2.C8H15NO/c1-6(2)11-5-7(12)10-9(3,4)8(11)13;1-6(2)11-5-8(12)10(4)7(3)9(11)13;2*1-5(2)11-7(4)8(12)10-6(3)9(11)13;1-6(2)10-5-7(11)9(3)4-8(10)12;2*1-5(2)10-4-7(11)9-6(3)8(10)12;1-7(2)10-5-4-9(3)6-8(10)11;2*1-6(2)9-5-7(10)3-4-8(9)11;1-6(2)9-5-3-4-7(10)8(9)11;1-7(2)9-6-4-3-5-8(9)10/h6H,5H2,1-4H3,(H,10,12);6-7H,5H2,1-4H3;2*5-7H,1-4H3,(H,10,12);6H,4-5H2,1-3H3;2*5-6H,4H2,1-3H3,(H,9,11);7H,4-6H2,1-3H3;6-7,10H,3-5H2,1-2H3;6H,3-5H2,1-2H3;6-7,10H,3-5H2,1-2H3;7H,3-6H2,1-2H3/t;7-;6-,7+;6-,7-;;2*6-;;7-;;7-;/m.010.10.1.1./s1. The fourth-order valence-corrected chi connectivity index (χ4v) is 16.5. The molecule has 0 unspecified atom stereocenters. The molecule has 0 radical (unpaired) electrons. The summed E-state index contributed by atoms with van der Waals surface area (Å²) < 4.78 is 0. The summed E-state index contributed by atoms with van der Waals surface area (Å²) in [5.74, 6) is 0.685. The molecule has 0 bridgehead atoms. The van der Waals surface area contributed by atoms with Crippen molar-refractivity contribution in [2.75, 3.05) is 106 Å². The van der Waals surface area contributed by atoms with E-state index in [0.717, 1.165) is 45.4 Å². The van der Waals surface area contributed by atoms with Gasteiger partial charge in [0.05, 0.1) is 45.4 Å². The maximum atomic E-state index is 11.7. The lowest BCUT2D eigenvalue weighted by Gasteiger charge is -2.39. The van der Waals surface area contributed by atoms with Crippen molar-refractivity contribution >= 4 is 118 Å². The molecule has 12 rings (SSSR count). The van der Waals surface area contributed by atoms with Crippen LogP contribution in [0.1, 0.15) is 286 Å². The maximum absolute atomic E-state index is 11.7. The Morgan fingerprint density at radius 3 is 1.04 bits per heavy atom. The van der Waals surface area contributed by atoms with Crippen LogP contribution < -0.4 is 26.6 Å². The van der Waals surface area contributed by atoms with E-state index in [0.29, 0.717) is 69.7 Å². The van der Waals surface area contributed by atoms with Crippen molar-refractivity contribution in [1.29, 1.82) is 0 Å². The van der Waals surface area contributed by atoms with Gasteiger partial charge in [-0.2, -0.15) is 0 Å². The predicted octanol–water partition coefficient (Wildman–Crippen LogP) is 2.57. The zero-order valence-corrected chi connectivity index (χ0v) is 92.4. The van der Waals surface area contributed by atoms with E-state index >= 15 is 0 Å². The van der Waals surface area contributed by atoms with E-state index < -0.39 is 11.6 Å². The lowest BCUT2D eigenvalue weighted by Crippen LogP contribution is -2.65. The number of piperazine rings is 8. The minimum Gasteiger partial charge on any atom is -0.391 e. The topological polar surface area (TPSA) is 491 Å². The van der Waals surface area contributed by atoms with Crippen LogP contribution >= 0.6 is 0 Å². The summed E-state index contributed by atoms with van der Waals surface area (Å²) in [6.45, 7) is 68.6. The molecule has 12 saturated heterocycles. The number of carbonyl (C=O) groups excluding carboxylic acids is 20. The van der Waals surface area contributed by atoms with E-state index in [1.54, 1.807) is 125 Å². The molecule has 0 aromatic heterocycles. The Kier molecular flexibility index (Phi) is 55.0. The number of Topliss-reactive ketones (excluding diaryl/α,β-unsaturated/α-hetero) is 1. The van der Waals surface area contributed by atoms with Crippen LogP contribution in [0.2, 0.25) is 0 Å². The minimum atomic E-state index is -0.750. The van der Waals surface area contributed by atoms with Gasteiger partial charge in [-0.1, -0.05) is 0 Å². The van der Waals surface area contributed by atoms with E-state index in [1.807, 2.05) is 155 Å². The fourth-order valence-electron chi connectivity index (χ4n) is 16.5. The van der Waals surface area contributed by atoms with Crippen LogP contribution in [-0.4, -0.2) is 440 Å². The lowest BCUT2D eigenvalue weighted by molar-refractivity contribution is -0.155. The van der Waals surface area contributed by atoms with Crippen molar-refractivity contribution in [1.82, 2.24) is 100 Å². The summed E-state index contributed by atoms with van der Waals surface area (Å²) in [4.78, 5) is 252. The highest BCUT2D eigenvalue weighted by Gasteiger charge is 2.43. The number of aliphatic hydroxyl groups excluding tert-OH is 2. The highest BCUT2D eigenvalue weighted by Crippen LogP contribution is 2.22. The number of ketones is 1. The summed E-state index contributed by atoms with van der Waals surface area (Å²) in [6.07, 6.45) is 5.49. The number of amides is 19. The lowest BCUT2D eigenvalue weighted by atomic mass is 9.99. The van der Waals surface area contributed by atoms with Crippen molar-refractivity contribution in [3.8, 4) is 0 Å². The third-order valence-electron chi connectivity index (χ3n) is 25.5. The second kappa shape index (κ2) is 60.3. The third-order valence-corrected chi connectivity index (χ3v) is 25.5. The first-order chi connectivity index (χ1) is 65.4. The van der Waals surface area contributed by atoms with E-state index in [2.05, 4.69) is 59.2 Å². The Balaban J connectivity index is 0.000000775. The van der Waals surface area contributed by atoms with Crippen molar-refractivity contribution in [2.24, 2.45) is 0 Å². The molecule has 12 aliphatic heterocycles. The van der Waals surface area contributed by atoms with Crippen molar-refractivity contribution < 1.29 is 106 Å². The van der Waals surface area contributed by atoms with Gasteiger partial charge < -0.3 is 105 Å². The summed E-state index contributed by atoms with van der Waals surface area (Å²) in [7, 11) is 5.30. The van der Waals surface area contributed by atoms with Crippen LogP contribution in [0.4, 0.5) is 0 Å². The van der Waals surface area contributed by atoms with Crippen LogP contribution in [0.15, 0.2) is 0 Å². The monoisotopic (exact) mass is 2010 g/mol. The first-order valence-electron chi connectivity index (χ1n) is 50.6. The third kappa shape index (κ3) is 40.9. The normalized spacial score (nSPS) is 24.2. The number of likely N-dealkylation sites (N-methyl/N-ethyl adjacent to an activating group) is 3. The van der Waals surface area contributed by atoms with Gasteiger partial charge in [0, 0.05) is 145 Å². The van der Waals surface area contributed by atoms with Crippen molar-refractivity contribution in [2.45, 2.75) is 419 Å². The van der Waals surface area contributed by atoms with Gasteiger partial charge in [-0.05, 0) is 268 Å². The molecule has 42 heteroatoms. The van der Waals surface area contributed by atoms with Crippen LogP contribution in [0.5, 0.6) is 0 Å². The van der Waals surface area contributed by atoms with E-state index in [1.165, 1.54) is 16.2 Å². The minimum absolute atomic E-state index is 0.00194. The summed E-state index contributed by atoms with van der Waals surface area (Å²) in [5.41, 5.74) is -0.750. The molecule has 0 aromatic carbocycles. The van der Waals surface area contributed by atoms with Gasteiger partial charge in [-0.25, -0.2) is 0 Å². The van der Waals surface area contributed by atoms with Crippen LogP contribution in [0, 0.1) is 0 Å². The molecule has 12 fully saturated rings. The molecule has 9 atom stereocenters. The Morgan fingerprint density at radius 2 is 0.655 bits per heavy atom. The Hall–Kier alpha value is -10.5. The van der Waals surface area contributed by atoms with Crippen molar-refractivity contribution in [3.05, 3.63) is 0 Å². The fraction of sp³-hybridized carbons (Fsp3) is 0.800. The van der Waals surface area contributed by atoms with Gasteiger partial charge >= 0.3 is 0 Å². The molecular formula is C100H180N20O22. The number of hydrogen-bond acceptors (Lipinski definition) is 23. The molecule has 0 aliphatic carbocycles. The summed E-state index contributed by atoms with van der Waals surface area (Å²) in [6, 6.07) is -0.481. The number of nitrogens with zero attached hydrogens (tertiary/aromatic N) is 15. The van der Waals surface area contributed by atoms with E-state index in [4.69, 9.17) is 0 Å². The van der Waals surface area contributed by atoms with Crippen LogP contribution in [-0.2, 0) is 95.9 Å². The smallest absolute Gasteiger partial charge is 0.251 e. The first kappa shape index (κ1) is 129. The Labute approximate surface area is 845 Å². The molecule has 19 amide bonds. The molecule has 142 heavy (non-hydrogen) atoms. The van der Waals surface area contributed by atoms with E-state index in [-0.39, 0.29) is 260 Å². The van der Waals surface area contributed by atoms with Gasteiger partial charge in [-0.15, -0.1) is 0 Å². The number of aliphatic hydroxyl groups is 2. The molecular weight excluding hydrogens is 1830 g/mol. The predicted molar refractivity (Wildman–Crippen MR) is 540 cm³/mol. The van der Waals surface area contributed by atoms with Crippen LogP contribution in [0.25, 0.3) is 0 Å². The summed E-state index contributed by atoms with van der Waals surface area (Å²) in [5, 5.41) is 31.6. The highest BCUT2D eigenvalue weighted by molar-refractivity contribution is 6.00. The second-order valence-electron chi connectivity index (χ2n) is 41.8. The molecule has 42 nitrogen and oxygen atoms in total. The Bertz CT molecular complexity index is 4140. The number of hydrogen-bond donors (Lipinski definition) is 7. The number of carbonyl (C=O) groups is 20. The largest absolute Gasteiger partial charge is 0.391 e. The number of likely N-dealkylation sites (tertiary alicyclic amines) is 4. The molecule has 0 aromatic rings. The number of rotatable bonds is 12. The van der Waals surface area contributed by atoms with Gasteiger partial charge in [0.25, 0.3) is 5.91 Å². The average Bonchev–Trinajstić information content (AvgIpc) is 0.863. The van der Waals surface area contributed by atoms with Gasteiger partial charge in [0.1, 0.15) is 67.0 Å². The zero-order chi connectivity index (χ0) is 110. The molecule has 7 N–H and O–H groups in total. The zero-order valence-electron chi connectivity index (χ0n) is 92.4. The Morgan fingerprint density at radius 1 is 0.289 bits per heavy atom. The van der Waals surface area contributed by atoms with Crippen LogP contribution in [0.3, 0.4) is 0 Å². The highest BCUT2D eigenvalue weighted by atomic mass is 16.3. The van der Waals surface area contributed by atoms with Gasteiger partial charge in [0.15, 0.2) is 5.78 Å². The molecule has 12 aliphatic rings. The quantitative estimate of drug-likeness (QED) is 0.148. The average molecular weight is 2010 g/mol. The first-order valence-corrected chi connectivity index (χ1v) is 50.6. The maximum Gasteiger partial charge on any atom is 0.251 e. The second-order valence-corrected chi connectivity index (χ2v) is 41.8. The summed E-state index contributed by atoms with van der Waals surface area (Å²) >= 11 is 0. The number of nitrogens with one attached hydrogen (secondary N) is 5. The van der Waals surface area contributed by atoms with Crippen molar-refractivity contribution in [3.63, 3.8) is 0 Å².